The standard InChI is InChI=1S/C14H19N3O/c15-11-5-3-4-10-7-9-17(13(10)11)12-6-1-2-8-16-14(12)18/h3-5,12H,1-2,6-9,15H2,(H,16,18). The molecule has 18 heavy (non-hydrogen) atoms. The van der Waals surface area contributed by atoms with Gasteiger partial charge in [0.15, 0.2) is 0 Å². The maximum absolute atomic E-state index is 12.1. The number of carbonyl (C=O) groups excluding carboxylic acids is 1. The first kappa shape index (κ1) is 11.4. The third-order valence-corrected chi connectivity index (χ3v) is 3.94. The van der Waals surface area contributed by atoms with E-state index in [4.69, 9.17) is 5.73 Å². The molecule has 1 amide bonds. The van der Waals surface area contributed by atoms with Gasteiger partial charge >= 0.3 is 0 Å². The third kappa shape index (κ3) is 1.82. The lowest BCUT2D eigenvalue weighted by atomic mass is 10.1. The molecule has 1 aromatic carbocycles. The molecule has 0 radical (unpaired) electrons. The Morgan fingerprint density at radius 2 is 2.22 bits per heavy atom. The Morgan fingerprint density at radius 1 is 1.33 bits per heavy atom. The Bertz CT molecular complexity index is 472. The second-order valence-corrected chi connectivity index (χ2v) is 5.10. The highest BCUT2D eigenvalue weighted by Gasteiger charge is 2.32. The second-order valence-electron chi connectivity index (χ2n) is 5.10. The molecular formula is C14H19N3O. The fourth-order valence-corrected chi connectivity index (χ4v) is 3.05. The van der Waals surface area contributed by atoms with Gasteiger partial charge in [0.25, 0.3) is 0 Å². The molecule has 2 aliphatic rings. The Morgan fingerprint density at radius 3 is 3.11 bits per heavy atom. The molecule has 1 fully saturated rings. The molecule has 3 rings (SSSR count). The molecule has 0 saturated carbocycles. The average Bonchev–Trinajstić information content (AvgIpc) is 2.68. The van der Waals surface area contributed by atoms with Crippen LogP contribution in [0.25, 0.3) is 0 Å². The highest BCUT2D eigenvalue weighted by molar-refractivity contribution is 5.88. The van der Waals surface area contributed by atoms with E-state index in [1.165, 1.54) is 5.56 Å². The minimum Gasteiger partial charge on any atom is -0.397 e. The number of anilines is 2. The molecule has 0 aliphatic carbocycles. The molecule has 3 N–H and O–H groups in total. The summed E-state index contributed by atoms with van der Waals surface area (Å²) in [5, 5.41) is 3.00. The maximum atomic E-state index is 12.1. The van der Waals surface area contributed by atoms with Crippen LogP contribution in [0.4, 0.5) is 11.4 Å². The van der Waals surface area contributed by atoms with E-state index in [0.717, 1.165) is 50.1 Å². The van der Waals surface area contributed by atoms with Crippen LogP contribution in [0.2, 0.25) is 0 Å². The Balaban J connectivity index is 1.93. The van der Waals surface area contributed by atoms with E-state index in [1.807, 2.05) is 12.1 Å². The fraction of sp³-hybridized carbons (Fsp3) is 0.500. The highest BCUT2D eigenvalue weighted by Crippen LogP contribution is 2.36. The number of fused-ring (bicyclic) bond motifs is 1. The van der Waals surface area contributed by atoms with Crippen molar-refractivity contribution in [3.05, 3.63) is 23.8 Å². The number of nitrogens with one attached hydrogen (secondary N) is 1. The Kier molecular flexibility index (Phi) is 2.86. The molecule has 2 aliphatic heterocycles. The van der Waals surface area contributed by atoms with Crippen molar-refractivity contribution in [3.63, 3.8) is 0 Å². The van der Waals surface area contributed by atoms with E-state index < -0.39 is 0 Å². The van der Waals surface area contributed by atoms with Crippen molar-refractivity contribution in [1.82, 2.24) is 5.32 Å². The monoisotopic (exact) mass is 245 g/mol. The van der Waals surface area contributed by atoms with E-state index in [1.54, 1.807) is 0 Å². The van der Waals surface area contributed by atoms with Crippen molar-refractivity contribution in [2.24, 2.45) is 0 Å². The normalized spacial score (nSPS) is 23.4. The zero-order valence-electron chi connectivity index (χ0n) is 10.5. The van der Waals surface area contributed by atoms with Crippen molar-refractivity contribution >= 4 is 17.3 Å². The van der Waals surface area contributed by atoms with Gasteiger partial charge in [-0.15, -0.1) is 0 Å². The SMILES string of the molecule is Nc1cccc2c1N(C1CCCCNC1=O)CC2. The molecule has 0 spiro atoms. The summed E-state index contributed by atoms with van der Waals surface area (Å²) in [5.74, 6) is 0.156. The first-order chi connectivity index (χ1) is 8.77. The number of hydrogen-bond acceptors (Lipinski definition) is 3. The number of nitrogen functional groups attached to an aromatic ring is 1. The molecule has 1 aromatic rings. The molecule has 1 unspecified atom stereocenters. The number of carbonyl (C=O) groups is 1. The first-order valence-corrected chi connectivity index (χ1v) is 6.69. The van der Waals surface area contributed by atoms with Crippen LogP contribution in [0.5, 0.6) is 0 Å². The predicted octanol–water partition coefficient (Wildman–Crippen LogP) is 1.30. The van der Waals surface area contributed by atoms with E-state index in [-0.39, 0.29) is 11.9 Å². The van der Waals surface area contributed by atoms with Crippen LogP contribution in [0.3, 0.4) is 0 Å². The average molecular weight is 245 g/mol. The lowest BCUT2D eigenvalue weighted by molar-refractivity contribution is -0.122. The van der Waals surface area contributed by atoms with Gasteiger partial charge in [-0.3, -0.25) is 4.79 Å². The maximum Gasteiger partial charge on any atom is 0.242 e. The van der Waals surface area contributed by atoms with E-state index in [2.05, 4.69) is 16.3 Å². The lowest BCUT2D eigenvalue weighted by Crippen LogP contribution is -2.45. The van der Waals surface area contributed by atoms with Crippen LogP contribution in [-0.4, -0.2) is 25.0 Å². The largest absolute Gasteiger partial charge is 0.397 e. The van der Waals surface area contributed by atoms with Gasteiger partial charge in [0.05, 0.1) is 11.4 Å². The fourth-order valence-electron chi connectivity index (χ4n) is 3.05. The first-order valence-electron chi connectivity index (χ1n) is 6.69. The molecule has 1 saturated heterocycles. The summed E-state index contributed by atoms with van der Waals surface area (Å²) in [6, 6.07) is 5.98. The Hall–Kier alpha value is -1.71. The van der Waals surface area contributed by atoms with Crippen molar-refractivity contribution in [3.8, 4) is 0 Å². The quantitative estimate of drug-likeness (QED) is 0.733. The second kappa shape index (κ2) is 4.52. The number of nitrogens with zero attached hydrogens (tertiary/aromatic N) is 1. The summed E-state index contributed by atoms with van der Waals surface area (Å²) >= 11 is 0. The van der Waals surface area contributed by atoms with E-state index in [9.17, 15) is 4.79 Å². The Labute approximate surface area is 107 Å². The van der Waals surface area contributed by atoms with Crippen LogP contribution in [0.15, 0.2) is 18.2 Å². The minimum absolute atomic E-state index is 0.0431. The number of benzene rings is 1. The van der Waals surface area contributed by atoms with Gasteiger partial charge in [-0.1, -0.05) is 12.1 Å². The summed E-state index contributed by atoms with van der Waals surface area (Å²) in [4.78, 5) is 14.3. The molecule has 0 bridgehead atoms. The van der Waals surface area contributed by atoms with Gasteiger partial charge in [0.1, 0.15) is 6.04 Å². The summed E-state index contributed by atoms with van der Waals surface area (Å²) in [5.41, 5.74) is 9.23. The molecule has 0 aromatic heterocycles. The van der Waals surface area contributed by atoms with Gasteiger partial charge in [-0.2, -0.15) is 0 Å². The highest BCUT2D eigenvalue weighted by atomic mass is 16.2. The summed E-state index contributed by atoms with van der Waals surface area (Å²) in [7, 11) is 0. The molecule has 4 heteroatoms. The summed E-state index contributed by atoms with van der Waals surface area (Å²) < 4.78 is 0. The van der Waals surface area contributed by atoms with E-state index in [0.29, 0.717) is 0 Å². The van der Waals surface area contributed by atoms with Gasteiger partial charge in [0, 0.05) is 13.1 Å². The zero-order valence-corrected chi connectivity index (χ0v) is 10.5. The van der Waals surface area contributed by atoms with Crippen LogP contribution < -0.4 is 16.0 Å². The van der Waals surface area contributed by atoms with Gasteiger partial charge in [0.2, 0.25) is 5.91 Å². The number of hydrogen-bond donors (Lipinski definition) is 2. The van der Waals surface area contributed by atoms with Gasteiger partial charge in [-0.25, -0.2) is 0 Å². The summed E-state index contributed by atoms with van der Waals surface area (Å²) in [6.45, 7) is 1.71. The van der Waals surface area contributed by atoms with Crippen molar-refractivity contribution in [2.45, 2.75) is 31.7 Å². The van der Waals surface area contributed by atoms with Crippen LogP contribution in [0.1, 0.15) is 24.8 Å². The number of amides is 1. The van der Waals surface area contributed by atoms with E-state index >= 15 is 0 Å². The van der Waals surface area contributed by atoms with Crippen LogP contribution in [-0.2, 0) is 11.2 Å². The number of rotatable bonds is 1. The molecular weight excluding hydrogens is 226 g/mol. The minimum atomic E-state index is -0.0431. The van der Waals surface area contributed by atoms with Gasteiger partial charge < -0.3 is 16.0 Å². The van der Waals surface area contributed by atoms with Crippen molar-refractivity contribution in [1.29, 1.82) is 0 Å². The lowest BCUT2D eigenvalue weighted by Gasteiger charge is -2.28. The number of para-hydroxylation sites is 1. The predicted molar refractivity (Wildman–Crippen MR) is 72.6 cm³/mol. The molecule has 96 valence electrons. The molecule has 4 nitrogen and oxygen atoms in total. The van der Waals surface area contributed by atoms with Crippen molar-refractivity contribution < 1.29 is 4.79 Å². The number of nitrogens with two attached hydrogens (primary N) is 1. The zero-order chi connectivity index (χ0) is 12.5. The smallest absolute Gasteiger partial charge is 0.242 e. The van der Waals surface area contributed by atoms with Crippen LogP contribution >= 0.6 is 0 Å². The molecule has 2 heterocycles. The van der Waals surface area contributed by atoms with Crippen LogP contribution in [0, 0.1) is 0 Å². The third-order valence-electron chi connectivity index (χ3n) is 3.94. The van der Waals surface area contributed by atoms with Gasteiger partial charge in [-0.05, 0) is 37.3 Å². The molecule has 1 atom stereocenters. The van der Waals surface area contributed by atoms with Crippen molar-refractivity contribution in [2.75, 3.05) is 23.7 Å². The topological polar surface area (TPSA) is 58.4 Å². The summed E-state index contributed by atoms with van der Waals surface area (Å²) in [6.07, 6.45) is 4.10.